The lowest BCUT2D eigenvalue weighted by Crippen LogP contribution is -2.34. The van der Waals surface area contributed by atoms with Crippen molar-refractivity contribution < 1.29 is 14.1 Å². The number of non-ortho nitro benzene ring substituents is 1. The first-order valence-electron chi connectivity index (χ1n) is 7.96. The number of nitro groups is 1. The van der Waals surface area contributed by atoms with E-state index >= 15 is 0 Å². The van der Waals surface area contributed by atoms with Gasteiger partial charge in [-0.1, -0.05) is 12.1 Å². The van der Waals surface area contributed by atoms with Crippen LogP contribution < -0.4 is 0 Å². The molecule has 2 atom stereocenters. The Kier molecular flexibility index (Phi) is 4.60. The van der Waals surface area contributed by atoms with Gasteiger partial charge >= 0.3 is 0 Å². The van der Waals surface area contributed by atoms with E-state index in [1.807, 2.05) is 0 Å². The molecule has 26 heavy (non-hydrogen) atoms. The average Bonchev–Trinajstić information content (AvgIpc) is 3.09. The summed E-state index contributed by atoms with van der Waals surface area (Å²) in [5, 5.41) is 10.7. The highest BCUT2D eigenvalue weighted by molar-refractivity contribution is 8.75. The molecular formula is C17H14FN3O3S2. The summed E-state index contributed by atoms with van der Waals surface area (Å²) in [6.07, 6.45) is 0. The molecule has 6 nitrogen and oxygen atoms in total. The fourth-order valence-electron chi connectivity index (χ4n) is 3.03. The number of nitro benzene ring substituents is 1. The summed E-state index contributed by atoms with van der Waals surface area (Å²) in [5.74, 6) is -0.749. The molecular weight excluding hydrogens is 377 g/mol. The van der Waals surface area contributed by atoms with Crippen LogP contribution in [0, 0.1) is 15.9 Å². The Morgan fingerprint density at radius 3 is 2.38 bits per heavy atom. The number of likely N-dealkylation sites (tertiary alicyclic amines) is 1. The standard InChI is InChI=1S/C17H14FN3O3S2/c18-14-4-2-1-3-13(14)17(22)19-9-15-16(10-19)20(15)26-25-12-7-5-11(6-8-12)21(23)24/h1-8,15-16H,9-10H2. The first-order valence-corrected chi connectivity index (χ1v) is 10.1. The van der Waals surface area contributed by atoms with Gasteiger partial charge in [-0.2, -0.15) is 0 Å². The molecule has 0 saturated carbocycles. The first kappa shape index (κ1) is 17.3. The number of benzene rings is 2. The van der Waals surface area contributed by atoms with Crippen molar-refractivity contribution in [1.82, 2.24) is 9.21 Å². The third-order valence-electron chi connectivity index (χ3n) is 4.48. The number of rotatable bonds is 5. The maximum absolute atomic E-state index is 13.8. The number of carbonyl (C=O) groups is 1. The minimum Gasteiger partial charge on any atom is -0.335 e. The van der Waals surface area contributed by atoms with Crippen LogP contribution in [0.15, 0.2) is 53.4 Å². The van der Waals surface area contributed by atoms with E-state index < -0.39 is 10.7 Å². The lowest BCUT2D eigenvalue weighted by molar-refractivity contribution is -0.384. The fourth-order valence-corrected chi connectivity index (χ4v) is 5.54. The van der Waals surface area contributed by atoms with Crippen molar-refractivity contribution in [1.29, 1.82) is 0 Å². The number of piperazine rings is 1. The Morgan fingerprint density at radius 1 is 1.12 bits per heavy atom. The van der Waals surface area contributed by atoms with Crippen LogP contribution in [0.1, 0.15) is 10.4 Å². The Bertz CT molecular complexity index is 853. The minimum atomic E-state index is -0.488. The molecule has 0 bridgehead atoms. The number of fused-ring (bicyclic) bond motifs is 1. The van der Waals surface area contributed by atoms with E-state index in [0.29, 0.717) is 13.1 Å². The Morgan fingerprint density at radius 2 is 1.77 bits per heavy atom. The summed E-state index contributed by atoms with van der Waals surface area (Å²) in [4.78, 5) is 25.3. The van der Waals surface area contributed by atoms with E-state index in [-0.39, 0.29) is 29.2 Å². The molecule has 0 spiro atoms. The van der Waals surface area contributed by atoms with Gasteiger partial charge in [0.15, 0.2) is 0 Å². The van der Waals surface area contributed by atoms with Crippen LogP contribution in [0.25, 0.3) is 0 Å². The summed E-state index contributed by atoms with van der Waals surface area (Å²) >= 11 is 0. The van der Waals surface area contributed by atoms with Crippen LogP contribution in [0.2, 0.25) is 0 Å². The lowest BCUT2D eigenvalue weighted by Gasteiger charge is -2.20. The molecule has 0 radical (unpaired) electrons. The van der Waals surface area contributed by atoms with Crippen molar-refractivity contribution in [3.05, 3.63) is 70.0 Å². The Labute approximate surface area is 157 Å². The summed E-state index contributed by atoms with van der Waals surface area (Å²) in [6.45, 7) is 1.18. The van der Waals surface area contributed by atoms with Crippen LogP contribution in [0.5, 0.6) is 0 Å². The van der Waals surface area contributed by atoms with Gasteiger partial charge in [0.25, 0.3) is 11.6 Å². The van der Waals surface area contributed by atoms with Gasteiger partial charge in [0.2, 0.25) is 0 Å². The largest absolute Gasteiger partial charge is 0.335 e. The molecule has 2 fully saturated rings. The second-order valence-corrected chi connectivity index (χ2v) is 8.25. The lowest BCUT2D eigenvalue weighted by atomic mass is 10.2. The molecule has 2 heterocycles. The molecule has 0 N–H and O–H groups in total. The van der Waals surface area contributed by atoms with Crippen molar-refractivity contribution in [3.63, 3.8) is 0 Å². The topological polar surface area (TPSA) is 66.5 Å². The monoisotopic (exact) mass is 391 g/mol. The molecule has 9 heteroatoms. The summed E-state index contributed by atoms with van der Waals surface area (Å²) in [6, 6.07) is 13.0. The zero-order chi connectivity index (χ0) is 18.3. The molecule has 2 aliphatic heterocycles. The number of carbonyl (C=O) groups excluding carboxylic acids is 1. The quantitative estimate of drug-likeness (QED) is 0.255. The molecule has 0 aromatic heterocycles. The highest BCUT2D eigenvalue weighted by atomic mass is 33.1. The average molecular weight is 391 g/mol. The third-order valence-corrected chi connectivity index (χ3v) is 7.05. The van der Waals surface area contributed by atoms with Crippen LogP contribution in [0.4, 0.5) is 10.1 Å². The highest BCUT2D eigenvalue weighted by Crippen LogP contribution is 2.48. The van der Waals surface area contributed by atoms with Gasteiger partial charge in [-0.25, -0.2) is 8.70 Å². The van der Waals surface area contributed by atoms with Crippen molar-refractivity contribution in [2.24, 2.45) is 0 Å². The maximum atomic E-state index is 13.8. The maximum Gasteiger partial charge on any atom is 0.269 e. The highest BCUT2D eigenvalue weighted by Gasteiger charge is 2.55. The number of halogens is 1. The molecule has 1 amide bonds. The molecule has 2 saturated heterocycles. The predicted octanol–water partition coefficient (Wildman–Crippen LogP) is 3.60. The van der Waals surface area contributed by atoms with E-state index in [4.69, 9.17) is 0 Å². The van der Waals surface area contributed by atoms with Crippen molar-refractivity contribution >= 4 is 33.4 Å². The van der Waals surface area contributed by atoms with Gasteiger partial charge in [-0.3, -0.25) is 14.9 Å². The van der Waals surface area contributed by atoms with Gasteiger partial charge in [0.1, 0.15) is 5.82 Å². The Hall–Kier alpha value is -2.10. The second-order valence-electron chi connectivity index (χ2n) is 6.09. The third kappa shape index (κ3) is 3.29. The molecule has 2 unspecified atom stereocenters. The number of nitrogens with zero attached hydrogens (tertiary/aromatic N) is 3. The molecule has 0 aliphatic carbocycles. The summed E-state index contributed by atoms with van der Waals surface area (Å²) in [5.41, 5.74) is 0.193. The smallest absolute Gasteiger partial charge is 0.269 e. The van der Waals surface area contributed by atoms with Crippen molar-refractivity contribution in [2.75, 3.05) is 13.1 Å². The van der Waals surface area contributed by atoms with Gasteiger partial charge < -0.3 is 4.90 Å². The van der Waals surface area contributed by atoms with Crippen LogP contribution in [-0.4, -0.2) is 45.2 Å². The molecule has 4 rings (SSSR count). The molecule has 134 valence electrons. The second kappa shape index (κ2) is 6.90. The number of amides is 1. The summed E-state index contributed by atoms with van der Waals surface area (Å²) in [7, 11) is 3.12. The zero-order valence-electron chi connectivity index (χ0n) is 13.4. The first-order chi connectivity index (χ1) is 12.5. The van der Waals surface area contributed by atoms with E-state index in [0.717, 1.165) is 4.90 Å². The van der Waals surface area contributed by atoms with E-state index in [2.05, 4.69) is 4.31 Å². The molecule has 2 aromatic rings. The number of hydrogen-bond donors (Lipinski definition) is 0. The van der Waals surface area contributed by atoms with Crippen LogP contribution >= 0.6 is 21.8 Å². The van der Waals surface area contributed by atoms with Crippen molar-refractivity contribution in [2.45, 2.75) is 17.0 Å². The number of hydrogen-bond acceptors (Lipinski definition) is 6. The summed E-state index contributed by atoms with van der Waals surface area (Å²) < 4.78 is 16.0. The van der Waals surface area contributed by atoms with Gasteiger partial charge in [-0.15, -0.1) is 0 Å². The Balaban J connectivity index is 1.29. The van der Waals surface area contributed by atoms with E-state index in [1.54, 1.807) is 40.1 Å². The van der Waals surface area contributed by atoms with Gasteiger partial charge in [-0.05, 0) is 46.0 Å². The molecule has 2 aliphatic rings. The normalized spacial score (nSPS) is 23.6. The van der Waals surface area contributed by atoms with E-state index in [9.17, 15) is 19.3 Å². The van der Waals surface area contributed by atoms with Gasteiger partial charge in [0.05, 0.1) is 22.6 Å². The van der Waals surface area contributed by atoms with Gasteiger partial charge in [0, 0.05) is 30.1 Å². The van der Waals surface area contributed by atoms with Crippen LogP contribution in [0.3, 0.4) is 0 Å². The molecule has 2 aromatic carbocycles. The zero-order valence-corrected chi connectivity index (χ0v) is 15.1. The SMILES string of the molecule is O=C(c1ccccc1F)N1CC2C(C1)N2SSc1ccc([N+](=O)[O-])cc1. The minimum absolute atomic E-state index is 0.0743. The van der Waals surface area contributed by atoms with E-state index in [1.165, 1.54) is 35.1 Å². The van der Waals surface area contributed by atoms with Crippen LogP contribution in [-0.2, 0) is 0 Å². The fraction of sp³-hybridized carbons (Fsp3) is 0.235. The van der Waals surface area contributed by atoms with Crippen molar-refractivity contribution in [3.8, 4) is 0 Å². The predicted molar refractivity (Wildman–Crippen MR) is 98.3 cm³/mol.